The number of rotatable bonds is 5. The quantitative estimate of drug-likeness (QED) is 0.544. The number of ether oxygens (including phenoxy) is 1. The Morgan fingerprint density at radius 1 is 1.10 bits per heavy atom. The smallest absolute Gasteiger partial charge is 0.277 e. The number of hydrogen-bond acceptors (Lipinski definition) is 7. The number of carbonyl (C=O) groups excluding carboxylic acids is 1. The van der Waals surface area contributed by atoms with Gasteiger partial charge >= 0.3 is 0 Å². The molecule has 1 aromatic carbocycles. The highest BCUT2D eigenvalue weighted by atomic mass is 16.5. The molecule has 1 amide bonds. The van der Waals surface area contributed by atoms with Crippen LogP contribution in [-0.2, 0) is 7.05 Å². The molecule has 0 radical (unpaired) electrons. The minimum atomic E-state index is -0.334. The minimum absolute atomic E-state index is 0.242. The first-order valence-electron chi connectivity index (χ1n) is 9.21. The standard InChI is InChI=1S/C20H20N8O2/c1-12-13(2)28(11-21-12)18-9-19(23-14(3)22-18)30-16-7-5-15(6-8-16)24-20(29)17-10-27(4)26-25-17/h5-11H,1-4H3,(H,24,29). The van der Waals surface area contributed by atoms with Crippen LogP contribution in [0, 0.1) is 20.8 Å². The Labute approximate surface area is 172 Å². The molecule has 0 bridgehead atoms. The van der Waals surface area contributed by atoms with E-state index < -0.39 is 0 Å². The summed E-state index contributed by atoms with van der Waals surface area (Å²) in [5.41, 5.74) is 2.80. The van der Waals surface area contributed by atoms with Crippen LogP contribution < -0.4 is 10.1 Å². The fraction of sp³-hybridized carbons (Fsp3) is 0.200. The van der Waals surface area contributed by atoms with Crippen molar-refractivity contribution in [1.29, 1.82) is 0 Å². The van der Waals surface area contributed by atoms with Gasteiger partial charge in [-0.1, -0.05) is 5.21 Å². The van der Waals surface area contributed by atoms with E-state index in [0.29, 0.717) is 29.0 Å². The summed E-state index contributed by atoms with van der Waals surface area (Å²) in [4.78, 5) is 25.3. The predicted octanol–water partition coefficient (Wildman–Crippen LogP) is 2.76. The van der Waals surface area contributed by atoms with Gasteiger partial charge in [0.2, 0.25) is 5.88 Å². The Morgan fingerprint density at radius 2 is 1.87 bits per heavy atom. The number of nitrogens with zero attached hydrogens (tertiary/aromatic N) is 7. The number of nitrogens with one attached hydrogen (secondary N) is 1. The van der Waals surface area contributed by atoms with Crippen LogP contribution in [0.5, 0.6) is 11.6 Å². The number of amides is 1. The molecular formula is C20H20N8O2. The second-order valence-electron chi connectivity index (χ2n) is 6.76. The largest absolute Gasteiger partial charge is 0.439 e. The molecule has 10 heteroatoms. The first-order valence-corrected chi connectivity index (χ1v) is 9.21. The number of imidazole rings is 1. The lowest BCUT2D eigenvalue weighted by Crippen LogP contribution is -2.12. The van der Waals surface area contributed by atoms with E-state index in [1.165, 1.54) is 4.68 Å². The molecular weight excluding hydrogens is 384 g/mol. The van der Waals surface area contributed by atoms with Gasteiger partial charge in [0.25, 0.3) is 5.91 Å². The molecule has 3 aromatic heterocycles. The van der Waals surface area contributed by atoms with Gasteiger partial charge in [-0.2, -0.15) is 4.98 Å². The normalized spacial score (nSPS) is 10.8. The van der Waals surface area contributed by atoms with Crippen molar-refractivity contribution >= 4 is 11.6 Å². The molecule has 152 valence electrons. The highest BCUT2D eigenvalue weighted by Crippen LogP contribution is 2.24. The molecule has 0 atom stereocenters. The summed E-state index contributed by atoms with van der Waals surface area (Å²) in [6, 6.07) is 8.72. The molecule has 0 saturated carbocycles. The Morgan fingerprint density at radius 3 is 2.50 bits per heavy atom. The molecule has 0 unspecified atom stereocenters. The van der Waals surface area contributed by atoms with E-state index in [1.54, 1.807) is 56.8 Å². The number of aryl methyl sites for hydroxylation is 3. The fourth-order valence-corrected chi connectivity index (χ4v) is 2.80. The number of benzene rings is 1. The summed E-state index contributed by atoms with van der Waals surface area (Å²) in [5.74, 6) is 1.93. The third-order valence-corrected chi connectivity index (χ3v) is 4.47. The predicted molar refractivity (Wildman–Crippen MR) is 109 cm³/mol. The lowest BCUT2D eigenvalue weighted by atomic mass is 10.3. The average molecular weight is 404 g/mol. The fourth-order valence-electron chi connectivity index (χ4n) is 2.80. The molecule has 4 aromatic rings. The summed E-state index contributed by atoms with van der Waals surface area (Å²) in [6.45, 7) is 5.73. The maximum Gasteiger partial charge on any atom is 0.277 e. The summed E-state index contributed by atoms with van der Waals surface area (Å²) < 4.78 is 9.25. The van der Waals surface area contributed by atoms with E-state index in [1.807, 2.05) is 18.4 Å². The van der Waals surface area contributed by atoms with Gasteiger partial charge in [0, 0.05) is 24.5 Å². The molecule has 0 aliphatic rings. The third kappa shape index (κ3) is 4.02. The second-order valence-corrected chi connectivity index (χ2v) is 6.76. The van der Waals surface area contributed by atoms with Crippen molar-refractivity contribution in [3.8, 4) is 17.4 Å². The Balaban J connectivity index is 1.49. The van der Waals surface area contributed by atoms with Crippen molar-refractivity contribution in [2.45, 2.75) is 20.8 Å². The molecule has 0 aliphatic carbocycles. The van der Waals surface area contributed by atoms with Crippen molar-refractivity contribution in [2.75, 3.05) is 5.32 Å². The molecule has 4 rings (SSSR count). The van der Waals surface area contributed by atoms with Gasteiger partial charge in [-0.15, -0.1) is 5.10 Å². The maximum atomic E-state index is 12.2. The van der Waals surface area contributed by atoms with Crippen LogP contribution in [0.25, 0.3) is 5.82 Å². The van der Waals surface area contributed by atoms with Crippen molar-refractivity contribution in [1.82, 2.24) is 34.5 Å². The third-order valence-electron chi connectivity index (χ3n) is 4.47. The van der Waals surface area contributed by atoms with Crippen molar-refractivity contribution < 1.29 is 9.53 Å². The van der Waals surface area contributed by atoms with E-state index in [0.717, 1.165) is 11.4 Å². The highest BCUT2D eigenvalue weighted by Gasteiger charge is 2.12. The Bertz CT molecular complexity index is 1210. The summed E-state index contributed by atoms with van der Waals surface area (Å²) in [7, 11) is 1.70. The summed E-state index contributed by atoms with van der Waals surface area (Å²) >= 11 is 0. The van der Waals surface area contributed by atoms with E-state index in [4.69, 9.17) is 4.74 Å². The van der Waals surface area contributed by atoms with Crippen molar-refractivity contribution in [2.24, 2.45) is 7.05 Å². The van der Waals surface area contributed by atoms with Crippen molar-refractivity contribution in [3.63, 3.8) is 0 Å². The number of anilines is 1. The van der Waals surface area contributed by atoms with E-state index in [2.05, 4.69) is 30.6 Å². The van der Waals surface area contributed by atoms with Gasteiger partial charge < -0.3 is 10.1 Å². The van der Waals surface area contributed by atoms with Gasteiger partial charge in [-0.25, -0.2) is 9.97 Å². The zero-order valence-corrected chi connectivity index (χ0v) is 17.0. The van der Waals surface area contributed by atoms with Gasteiger partial charge in [-0.05, 0) is 45.0 Å². The van der Waals surface area contributed by atoms with E-state index in [-0.39, 0.29) is 11.6 Å². The number of hydrogen-bond donors (Lipinski definition) is 1. The van der Waals surface area contributed by atoms with Crippen LogP contribution in [-0.4, -0.2) is 40.4 Å². The van der Waals surface area contributed by atoms with E-state index >= 15 is 0 Å². The zero-order valence-electron chi connectivity index (χ0n) is 17.0. The van der Waals surface area contributed by atoms with Gasteiger partial charge in [0.1, 0.15) is 23.7 Å². The highest BCUT2D eigenvalue weighted by molar-refractivity contribution is 6.02. The van der Waals surface area contributed by atoms with E-state index in [9.17, 15) is 4.79 Å². The van der Waals surface area contributed by atoms with Gasteiger partial charge in [0.15, 0.2) is 5.69 Å². The van der Waals surface area contributed by atoms with Crippen molar-refractivity contribution in [3.05, 3.63) is 65.8 Å². The number of carbonyl (C=O) groups is 1. The molecule has 1 N–H and O–H groups in total. The molecule has 30 heavy (non-hydrogen) atoms. The maximum absolute atomic E-state index is 12.2. The van der Waals surface area contributed by atoms with Crippen LogP contribution in [0.4, 0.5) is 5.69 Å². The second kappa shape index (κ2) is 7.74. The molecule has 0 aliphatic heterocycles. The lowest BCUT2D eigenvalue weighted by Gasteiger charge is -2.10. The van der Waals surface area contributed by atoms with Crippen LogP contribution in [0.2, 0.25) is 0 Å². The van der Waals surface area contributed by atoms with Gasteiger partial charge in [0.05, 0.1) is 11.9 Å². The topological polar surface area (TPSA) is 113 Å². The van der Waals surface area contributed by atoms with Crippen LogP contribution in [0.15, 0.2) is 42.9 Å². The van der Waals surface area contributed by atoms with Crippen LogP contribution >= 0.6 is 0 Å². The van der Waals surface area contributed by atoms with Crippen LogP contribution in [0.1, 0.15) is 27.7 Å². The Kier molecular flexibility index (Phi) is 4.97. The lowest BCUT2D eigenvalue weighted by molar-refractivity contribution is 0.102. The summed E-state index contributed by atoms with van der Waals surface area (Å²) in [6.07, 6.45) is 3.27. The first-order chi connectivity index (χ1) is 14.4. The SMILES string of the molecule is Cc1nc(Oc2ccc(NC(=O)c3cn(C)nn3)cc2)cc(-n2cnc(C)c2C)n1. The molecule has 0 spiro atoms. The minimum Gasteiger partial charge on any atom is -0.439 e. The zero-order chi connectivity index (χ0) is 21.3. The molecule has 0 saturated heterocycles. The van der Waals surface area contributed by atoms with Crippen LogP contribution in [0.3, 0.4) is 0 Å². The first kappa shape index (κ1) is 19.2. The molecule has 3 heterocycles. The molecule has 10 nitrogen and oxygen atoms in total. The molecule has 0 fully saturated rings. The summed E-state index contributed by atoms with van der Waals surface area (Å²) in [5, 5.41) is 10.3. The Hall–Kier alpha value is -4.08. The van der Waals surface area contributed by atoms with Gasteiger partial charge in [-0.3, -0.25) is 14.0 Å². The number of aromatic nitrogens is 7. The average Bonchev–Trinajstić information content (AvgIpc) is 3.29. The monoisotopic (exact) mass is 404 g/mol.